The standard InChI is InChI=1S/C11H7Br2N3O3/c1-6-14-10(13)5-11(15-6)19-9-4-7(16(17)18)2-3-8(9)12/h2-5H,1H3. The summed E-state index contributed by atoms with van der Waals surface area (Å²) in [6.45, 7) is 1.72. The van der Waals surface area contributed by atoms with Crippen molar-refractivity contribution in [1.82, 2.24) is 9.97 Å². The van der Waals surface area contributed by atoms with E-state index >= 15 is 0 Å². The Hall–Kier alpha value is -1.54. The molecular formula is C11H7Br2N3O3. The van der Waals surface area contributed by atoms with E-state index in [0.29, 0.717) is 26.5 Å². The number of nitro groups is 1. The molecule has 19 heavy (non-hydrogen) atoms. The molecule has 0 saturated heterocycles. The van der Waals surface area contributed by atoms with Crippen LogP contribution in [0.1, 0.15) is 5.82 Å². The molecule has 0 fully saturated rings. The second-order valence-corrected chi connectivity index (χ2v) is 5.22. The Morgan fingerprint density at radius 1 is 1.26 bits per heavy atom. The molecule has 2 rings (SSSR count). The van der Waals surface area contributed by atoms with Crippen LogP contribution in [0.4, 0.5) is 5.69 Å². The number of rotatable bonds is 3. The fraction of sp³-hybridized carbons (Fsp3) is 0.0909. The van der Waals surface area contributed by atoms with E-state index in [4.69, 9.17) is 4.74 Å². The number of aryl methyl sites for hydroxylation is 1. The molecule has 2 aromatic rings. The molecule has 1 aromatic carbocycles. The highest BCUT2D eigenvalue weighted by Gasteiger charge is 2.12. The molecule has 0 N–H and O–H groups in total. The molecule has 0 radical (unpaired) electrons. The molecule has 1 heterocycles. The van der Waals surface area contributed by atoms with Crippen LogP contribution in [-0.2, 0) is 0 Å². The first-order valence-electron chi connectivity index (χ1n) is 5.08. The molecule has 0 aliphatic rings. The number of ether oxygens (including phenoxy) is 1. The third-order valence-electron chi connectivity index (χ3n) is 2.12. The number of benzene rings is 1. The fourth-order valence-electron chi connectivity index (χ4n) is 1.35. The van der Waals surface area contributed by atoms with Crippen molar-refractivity contribution in [3.05, 3.63) is 49.3 Å². The number of halogens is 2. The van der Waals surface area contributed by atoms with Gasteiger partial charge in [0.1, 0.15) is 10.4 Å². The first kappa shape index (κ1) is 13.9. The predicted octanol–water partition coefficient (Wildman–Crippen LogP) is 4.01. The average molecular weight is 389 g/mol. The first-order valence-corrected chi connectivity index (χ1v) is 6.67. The molecule has 1 aromatic heterocycles. The van der Waals surface area contributed by atoms with Crippen LogP contribution >= 0.6 is 31.9 Å². The summed E-state index contributed by atoms with van der Waals surface area (Å²) in [5, 5.41) is 10.7. The lowest BCUT2D eigenvalue weighted by molar-refractivity contribution is -0.384. The minimum absolute atomic E-state index is 0.0527. The number of hydrogen-bond acceptors (Lipinski definition) is 5. The molecule has 0 saturated carbocycles. The van der Waals surface area contributed by atoms with Crippen molar-refractivity contribution in [2.75, 3.05) is 0 Å². The van der Waals surface area contributed by atoms with E-state index in [0.717, 1.165) is 0 Å². The predicted molar refractivity (Wildman–Crippen MR) is 75.3 cm³/mol. The summed E-state index contributed by atoms with van der Waals surface area (Å²) in [6.07, 6.45) is 0. The van der Waals surface area contributed by atoms with Gasteiger partial charge in [0, 0.05) is 12.1 Å². The lowest BCUT2D eigenvalue weighted by atomic mass is 10.3. The highest BCUT2D eigenvalue weighted by Crippen LogP contribution is 2.32. The second kappa shape index (κ2) is 5.62. The summed E-state index contributed by atoms with van der Waals surface area (Å²) in [6, 6.07) is 5.85. The molecular weight excluding hydrogens is 382 g/mol. The normalized spacial score (nSPS) is 10.3. The van der Waals surface area contributed by atoms with E-state index in [9.17, 15) is 10.1 Å². The first-order chi connectivity index (χ1) is 8.95. The summed E-state index contributed by atoms with van der Waals surface area (Å²) < 4.78 is 6.71. The van der Waals surface area contributed by atoms with Crippen molar-refractivity contribution in [2.45, 2.75) is 6.92 Å². The number of hydrogen-bond donors (Lipinski definition) is 0. The second-order valence-electron chi connectivity index (χ2n) is 3.55. The summed E-state index contributed by atoms with van der Waals surface area (Å²) >= 11 is 6.50. The molecule has 8 heteroatoms. The van der Waals surface area contributed by atoms with Crippen LogP contribution in [0.15, 0.2) is 33.3 Å². The third-order valence-corrected chi connectivity index (χ3v) is 3.18. The molecule has 0 bridgehead atoms. The Kier molecular flexibility index (Phi) is 4.11. The van der Waals surface area contributed by atoms with Crippen LogP contribution in [0.3, 0.4) is 0 Å². The van der Waals surface area contributed by atoms with Gasteiger partial charge < -0.3 is 4.74 Å². The number of aromatic nitrogens is 2. The molecule has 0 amide bonds. The van der Waals surface area contributed by atoms with Crippen LogP contribution in [0.25, 0.3) is 0 Å². The van der Waals surface area contributed by atoms with Crippen molar-refractivity contribution in [3.8, 4) is 11.6 Å². The van der Waals surface area contributed by atoms with Gasteiger partial charge in [0.2, 0.25) is 5.88 Å². The molecule has 0 aliphatic carbocycles. The third kappa shape index (κ3) is 3.48. The lowest BCUT2D eigenvalue weighted by Gasteiger charge is -2.07. The molecule has 0 aliphatic heterocycles. The monoisotopic (exact) mass is 387 g/mol. The topological polar surface area (TPSA) is 78.2 Å². The maximum Gasteiger partial charge on any atom is 0.273 e. The van der Waals surface area contributed by atoms with Gasteiger partial charge >= 0.3 is 0 Å². The van der Waals surface area contributed by atoms with E-state index in [-0.39, 0.29) is 5.69 Å². The Balaban J connectivity index is 2.37. The number of nitrogens with zero attached hydrogens (tertiary/aromatic N) is 3. The van der Waals surface area contributed by atoms with Gasteiger partial charge in [-0.05, 0) is 44.8 Å². The van der Waals surface area contributed by atoms with Gasteiger partial charge in [-0.15, -0.1) is 0 Å². The maximum absolute atomic E-state index is 10.7. The van der Waals surface area contributed by atoms with Gasteiger partial charge in [-0.1, -0.05) is 0 Å². The smallest absolute Gasteiger partial charge is 0.273 e. The average Bonchev–Trinajstić information content (AvgIpc) is 2.30. The maximum atomic E-state index is 10.7. The summed E-state index contributed by atoms with van der Waals surface area (Å²) in [7, 11) is 0. The van der Waals surface area contributed by atoms with Gasteiger partial charge in [0.15, 0.2) is 5.75 Å². The highest BCUT2D eigenvalue weighted by molar-refractivity contribution is 9.10. The van der Waals surface area contributed by atoms with Crippen LogP contribution in [0.5, 0.6) is 11.6 Å². The fourth-order valence-corrected chi connectivity index (χ4v) is 2.13. The van der Waals surface area contributed by atoms with E-state index < -0.39 is 4.92 Å². The van der Waals surface area contributed by atoms with Crippen LogP contribution in [0.2, 0.25) is 0 Å². The van der Waals surface area contributed by atoms with Crippen molar-refractivity contribution < 1.29 is 9.66 Å². The van der Waals surface area contributed by atoms with E-state index in [1.54, 1.807) is 19.1 Å². The molecule has 0 unspecified atom stereocenters. The van der Waals surface area contributed by atoms with Gasteiger partial charge in [0.25, 0.3) is 5.69 Å². The zero-order chi connectivity index (χ0) is 14.0. The van der Waals surface area contributed by atoms with E-state index in [2.05, 4.69) is 41.8 Å². The van der Waals surface area contributed by atoms with Gasteiger partial charge in [0.05, 0.1) is 15.5 Å². The Morgan fingerprint density at radius 2 is 2.00 bits per heavy atom. The molecule has 0 spiro atoms. The Morgan fingerprint density at radius 3 is 2.63 bits per heavy atom. The van der Waals surface area contributed by atoms with Crippen LogP contribution in [0, 0.1) is 17.0 Å². The van der Waals surface area contributed by atoms with Crippen molar-refractivity contribution in [2.24, 2.45) is 0 Å². The minimum Gasteiger partial charge on any atom is -0.437 e. The minimum atomic E-state index is -0.486. The van der Waals surface area contributed by atoms with Gasteiger partial charge in [-0.2, -0.15) is 4.98 Å². The highest BCUT2D eigenvalue weighted by atomic mass is 79.9. The van der Waals surface area contributed by atoms with Gasteiger partial charge in [-0.3, -0.25) is 10.1 Å². The SMILES string of the molecule is Cc1nc(Br)cc(Oc2cc([N+](=O)[O-])ccc2Br)n1. The van der Waals surface area contributed by atoms with E-state index in [1.165, 1.54) is 12.1 Å². The zero-order valence-corrected chi connectivity index (χ0v) is 12.8. The van der Waals surface area contributed by atoms with E-state index in [1.807, 2.05) is 0 Å². The molecule has 0 atom stereocenters. The summed E-state index contributed by atoms with van der Waals surface area (Å²) in [5.41, 5.74) is -0.0527. The quantitative estimate of drug-likeness (QED) is 0.451. The zero-order valence-electron chi connectivity index (χ0n) is 9.63. The Labute approximate surface area is 125 Å². The van der Waals surface area contributed by atoms with Crippen LogP contribution < -0.4 is 4.74 Å². The molecule has 6 nitrogen and oxygen atoms in total. The van der Waals surface area contributed by atoms with Crippen molar-refractivity contribution in [1.29, 1.82) is 0 Å². The summed E-state index contributed by atoms with van der Waals surface area (Å²) in [5.74, 6) is 1.16. The van der Waals surface area contributed by atoms with Crippen molar-refractivity contribution >= 4 is 37.5 Å². The van der Waals surface area contributed by atoms with Crippen molar-refractivity contribution in [3.63, 3.8) is 0 Å². The Bertz CT molecular complexity index is 629. The summed E-state index contributed by atoms with van der Waals surface area (Å²) in [4.78, 5) is 18.4. The van der Waals surface area contributed by atoms with Gasteiger partial charge in [-0.25, -0.2) is 4.98 Å². The molecule has 98 valence electrons. The largest absolute Gasteiger partial charge is 0.437 e. The lowest BCUT2D eigenvalue weighted by Crippen LogP contribution is -1.95. The van der Waals surface area contributed by atoms with Crippen LogP contribution in [-0.4, -0.2) is 14.9 Å². The number of nitro benzene ring substituents is 1. The number of non-ortho nitro benzene ring substituents is 1.